The maximum absolute atomic E-state index is 14.4. The predicted octanol–water partition coefficient (Wildman–Crippen LogP) is -0.0344. The van der Waals surface area contributed by atoms with Crippen LogP contribution in [0.3, 0.4) is 0 Å². The first-order chi connectivity index (χ1) is 20.8. The number of epoxide rings is 1. The highest BCUT2D eigenvalue weighted by molar-refractivity contribution is 6.14. The molecule has 5 aliphatic rings. The molecule has 0 aromatic heterocycles. The van der Waals surface area contributed by atoms with Gasteiger partial charge in [0.1, 0.15) is 22.8 Å². The average Bonchev–Trinajstić information content (AvgIpc) is 3.60. The number of nitrogens with zero attached hydrogens (tertiary/aromatic N) is 3. The van der Waals surface area contributed by atoms with Gasteiger partial charge < -0.3 is 35.6 Å². The lowest BCUT2D eigenvalue weighted by Crippen LogP contribution is -2.66. The van der Waals surface area contributed by atoms with E-state index in [9.17, 15) is 35.1 Å². The van der Waals surface area contributed by atoms with E-state index in [2.05, 4.69) is 5.32 Å². The largest absolute Gasteiger partial charge is 0.510 e. The zero-order valence-electron chi connectivity index (χ0n) is 24.5. The van der Waals surface area contributed by atoms with Crippen molar-refractivity contribution < 1.29 is 55.1 Å². The molecule has 3 fully saturated rings. The molecule has 15 nitrogen and oxygen atoms in total. The zero-order chi connectivity index (χ0) is 31.9. The number of carbonyl (C=O) groups is 2. The Kier molecular flexibility index (Phi) is 7.55. The number of likely N-dealkylation sites (N-methyl/N-ethyl adjacent to an activating group) is 1. The van der Waals surface area contributed by atoms with Crippen molar-refractivity contribution in [1.29, 1.82) is 0 Å². The number of amides is 1. The molecule has 1 amide bonds. The second-order valence-corrected chi connectivity index (χ2v) is 12.6. The number of rotatable bonds is 7. The zero-order valence-corrected chi connectivity index (χ0v) is 24.5. The van der Waals surface area contributed by atoms with Crippen molar-refractivity contribution in [2.45, 2.75) is 49.2 Å². The summed E-state index contributed by atoms with van der Waals surface area (Å²) in [7, 11) is 3.20. The third-order valence-electron chi connectivity index (χ3n) is 9.98. The van der Waals surface area contributed by atoms with Crippen LogP contribution in [-0.4, -0.2) is 127 Å². The van der Waals surface area contributed by atoms with Crippen LogP contribution in [0.25, 0.3) is 5.76 Å². The highest BCUT2D eigenvalue weighted by Crippen LogP contribution is 2.68. The van der Waals surface area contributed by atoms with Gasteiger partial charge in [-0.25, -0.2) is 0 Å². The van der Waals surface area contributed by atoms with Gasteiger partial charge in [0.15, 0.2) is 5.60 Å². The van der Waals surface area contributed by atoms with Gasteiger partial charge in [0, 0.05) is 18.0 Å². The van der Waals surface area contributed by atoms with Gasteiger partial charge in [-0.15, -0.1) is 0 Å². The smallest absolute Gasteiger partial charge is 0.257 e. The second-order valence-electron chi connectivity index (χ2n) is 12.6. The van der Waals surface area contributed by atoms with E-state index in [0.29, 0.717) is 18.7 Å². The van der Waals surface area contributed by atoms with Crippen LogP contribution >= 0.6 is 0 Å². The average molecular weight is 619 g/mol. The number of Topliss-reactive ketones (excluding diaryl/α,β-unsaturated/α-hetero) is 1. The number of ether oxygens (including phenoxy) is 1. The molecule has 1 saturated carbocycles. The third-order valence-corrected chi connectivity index (χ3v) is 9.98. The molecule has 2 aliphatic heterocycles. The molecule has 240 valence electrons. The normalized spacial score (nSPS) is 36.6. The van der Waals surface area contributed by atoms with Crippen LogP contribution in [-0.2, 0) is 19.2 Å². The molecule has 6 rings (SSSR count). The summed E-state index contributed by atoms with van der Waals surface area (Å²) in [6.07, 6.45) is 0.101. The summed E-state index contributed by atoms with van der Waals surface area (Å²) in [6.45, 7) is 2.87. The van der Waals surface area contributed by atoms with Crippen molar-refractivity contribution in [2.75, 3.05) is 40.5 Å². The minimum atomic E-state index is -2.60. The van der Waals surface area contributed by atoms with Crippen LogP contribution < -0.4 is 5.32 Å². The van der Waals surface area contributed by atoms with Crippen LogP contribution in [0.1, 0.15) is 36.8 Å². The van der Waals surface area contributed by atoms with Crippen molar-refractivity contribution in [2.24, 2.45) is 17.8 Å². The maximum Gasteiger partial charge on any atom is 0.257 e. The topological polar surface area (TPSA) is 219 Å². The molecular weight excluding hydrogens is 580 g/mol. The SMILES string of the molecule is CC1c2cccc(O)c2C(O)=C2C(=O)C34OC3(O)C(C(=O)NCN3CCCC(CON(O)O)C3)=C(O)C(N(C)C)C4C(O)C21. The summed E-state index contributed by atoms with van der Waals surface area (Å²) in [5.41, 5.74) is -2.38. The number of hydrogen-bond donors (Lipinski definition) is 8. The molecule has 1 aromatic rings. The molecule has 0 bridgehead atoms. The fraction of sp³-hybridized carbons (Fsp3) is 0.586. The molecule has 3 aliphatic carbocycles. The Morgan fingerprint density at radius 1 is 1.23 bits per heavy atom. The predicted molar refractivity (Wildman–Crippen MR) is 149 cm³/mol. The van der Waals surface area contributed by atoms with E-state index in [1.54, 1.807) is 33.2 Å². The van der Waals surface area contributed by atoms with Gasteiger partial charge in [-0.1, -0.05) is 19.1 Å². The summed E-state index contributed by atoms with van der Waals surface area (Å²) < 4.78 is 5.79. The number of hydrogen-bond acceptors (Lipinski definition) is 14. The molecule has 8 N–H and O–H groups in total. The van der Waals surface area contributed by atoms with Gasteiger partial charge in [-0.2, -0.15) is 0 Å². The van der Waals surface area contributed by atoms with Gasteiger partial charge in [-0.3, -0.25) is 34.6 Å². The van der Waals surface area contributed by atoms with E-state index in [-0.39, 0.29) is 41.5 Å². The number of benzene rings is 1. The maximum atomic E-state index is 14.4. The van der Waals surface area contributed by atoms with E-state index < -0.39 is 70.1 Å². The van der Waals surface area contributed by atoms with Crippen molar-refractivity contribution in [1.82, 2.24) is 20.5 Å². The monoisotopic (exact) mass is 618 g/mol. The Labute approximate surface area is 252 Å². The number of nitrogens with one attached hydrogen (secondary N) is 1. The number of phenolic OH excluding ortho intramolecular Hbond substituents is 1. The van der Waals surface area contributed by atoms with Crippen LogP contribution in [0.5, 0.6) is 5.75 Å². The van der Waals surface area contributed by atoms with Gasteiger partial charge in [0.2, 0.25) is 11.6 Å². The van der Waals surface area contributed by atoms with E-state index in [1.807, 2.05) is 4.90 Å². The fourth-order valence-corrected chi connectivity index (χ4v) is 8.02. The molecule has 0 radical (unpaired) electrons. The molecule has 2 saturated heterocycles. The van der Waals surface area contributed by atoms with Crippen molar-refractivity contribution in [3.05, 3.63) is 46.2 Å². The minimum absolute atomic E-state index is 0.00534. The number of likely N-dealkylation sites (tertiary alicyclic amines) is 1. The first kappa shape index (κ1) is 30.9. The third kappa shape index (κ3) is 4.30. The van der Waals surface area contributed by atoms with Crippen LogP contribution in [0.15, 0.2) is 35.1 Å². The van der Waals surface area contributed by atoms with Crippen molar-refractivity contribution in [3.8, 4) is 5.75 Å². The first-order valence-electron chi connectivity index (χ1n) is 14.6. The molecule has 8 unspecified atom stereocenters. The Bertz CT molecular complexity index is 1450. The fourth-order valence-electron chi connectivity index (χ4n) is 8.02. The van der Waals surface area contributed by atoms with Crippen molar-refractivity contribution >= 4 is 17.4 Å². The molecule has 2 heterocycles. The van der Waals surface area contributed by atoms with Gasteiger partial charge in [0.05, 0.1) is 42.3 Å². The highest BCUT2D eigenvalue weighted by atomic mass is 17.1. The standard InChI is InChI=1S/C29H38N4O11/c1-13-15-7-4-8-16(34)18(15)23(35)19-17(13)24(36)20-22(31(2)3)25(37)21(29(40)28(20,44-29)26(19)38)27(39)30-12-32-9-5-6-14(10-32)11-43-33(41)42/h4,7-8,13-14,17,20,22,24,34-37,40-42H,5-6,9-12H2,1-3H3,(H,30,39). The van der Waals surface area contributed by atoms with Gasteiger partial charge in [-0.05, 0) is 56.9 Å². The quantitative estimate of drug-likeness (QED) is 0.149. The number of piperidine rings is 1. The van der Waals surface area contributed by atoms with Gasteiger partial charge >= 0.3 is 0 Å². The Balaban J connectivity index is 1.33. The van der Waals surface area contributed by atoms with E-state index in [4.69, 9.17) is 20.0 Å². The number of ketones is 1. The highest BCUT2D eigenvalue weighted by Gasteiger charge is 2.87. The first-order valence-corrected chi connectivity index (χ1v) is 14.6. The molecule has 1 spiro atoms. The number of aliphatic hydroxyl groups is 4. The number of fused-ring (bicyclic) bond motifs is 2. The number of phenols is 1. The Morgan fingerprint density at radius 2 is 1.95 bits per heavy atom. The lowest BCUT2D eigenvalue weighted by molar-refractivity contribution is -0.494. The second kappa shape index (κ2) is 10.8. The van der Waals surface area contributed by atoms with Crippen molar-refractivity contribution in [3.63, 3.8) is 0 Å². The Hall–Kier alpha value is -3.12. The van der Waals surface area contributed by atoms with Crippen LogP contribution in [0.4, 0.5) is 0 Å². The van der Waals surface area contributed by atoms with E-state index in [0.717, 1.165) is 12.8 Å². The lowest BCUT2D eigenvalue weighted by atomic mass is 9.55. The number of aliphatic hydroxyl groups excluding tert-OH is 3. The molecule has 15 heteroatoms. The summed E-state index contributed by atoms with van der Waals surface area (Å²) in [6, 6.07) is 3.54. The van der Waals surface area contributed by atoms with E-state index >= 15 is 0 Å². The Morgan fingerprint density at radius 3 is 2.64 bits per heavy atom. The van der Waals surface area contributed by atoms with E-state index in [1.165, 1.54) is 11.0 Å². The summed E-state index contributed by atoms with van der Waals surface area (Å²) in [5.74, 6) is -8.40. The van der Waals surface area contributed by atoms with Gasteiger partial charge in [0.25, 0.3) is 5.91 Å². The number of carbonyl (C=O) groups excluding carboxylic acids is 2. The summed E-state index contributed by atoms with van der Waals surface area (Å²) >= 11 is 0. The lowest BCUT2D eigenvalue weighted by Gasteiger charge is -2.50. The van der Waals surface area contributed by atoms with Crippen LogP contribution in [0, 0.1) is 17.8 Å². The van der Waals surface area contributed by atoms with Crippen LogP contribution in [0.2, 0.25) is 0 Å². The number of aromatic hydroxyl groups is 1. The minimum Gasteiger partial charge on any atom is -0.510 e. The molecule has 8 atom stereocenters. The summed E-state index contributed by atoms with van der Waals surface area (Å²) in [5, 5.41) is 77.1. The molecule has 44 heavy (non-hydrogen) atoms. The molecular formula is C29H38N4O11. The summed E-state index contributed by atoms with van der Waals surface area (Å²) in [4.78, 5) is 36.2. The molecule has 1 aromatic carbocycles.